The van der Waals surface area contributed by atoms with Crippen LogP contribution in [0.25, 0.3) is 0 Å². The molecule has 0 aliphatic carbocycles. The lowest BCUT2D eigenvalue weighted by molar-refractivity contribution is -0.142. The Bertz CT molecular complexity index is 881. The van der Waals surface area contributed by atoms with E-state index >= 15 is 0 Å². The van der Waals surface area contributed by atoms with Gasteiger partial charge >= 0.3 is 0 Å². The van der Waals surface area contributed by atoms with E-state index in [0.29, 0.717) is 13.1 Å². The minimum Gasteiger partial charge on any atom is -0.394 e. The second-order valence-electron chi connectivity index (χ2n) is 9.32. The van der Waals surface area contributed by atoms with Crippen molar-refractivity contribution in [3.63, 3.8) is 0 Å². The molecule has 3 unspecified atom stereocenters. The van der Waals surface area contributed by atoms with Crippen molar-refractivity contribution in [3.8, 4) is 0 Å². The van der Waals surface area contributed by atoms with Crippen LogP contribution in [0, 0.1) is 17.8 Å². The lowest BCUT2D eigenvalue weighted by Crippen LogP contribution is -2.58. The van der Waals surface area contributed by atoms with Crippen molar-refractivity contribution in [2.75, 3.05) is 13.2 Å². The van der Waals surface area contributed by atoms with Gasteiger partial charge in [0.15, 0.2) is 0 Å². The van der Waals surface area contributed by atoms with Crippen molar-refractivity contribution < 1.29 is 19.5 Å². The molecule has 3 saturated heterocycles. The number of hydrogen-bond acceptors (Lipinski definition) is 5. The van der Waals surface area contributed by atoms with Crippen LogP contribution in [0.2, 0.25) is 0 Å². The molecule has 3 fully saturated rings. The molecule has 1 aromatic carbocycles. The molecule has 7 atom stereocenters. The number of carbonyl (C=O) groups is 3. The number of nitrogens with zero attached hydrogens (tertiary/aromatic N) is 1. The van der Waals surface area contributed by atoms with Crippen LogP contribution in [0.15, 0.2) is 30.3 Å². The van der Waals surface area contributed by atoms with E-state index < -0.39 is 28.7 Å². The van der Waals surface area contributed by atoms with E-state index in [0.717, 1.165) is 18.4 Å². The second-order valence-corrected chi connectivity index (χ2v) is 10.9. The molecule has 3 aliphatic rings. The van der Waals surface area contributed by atoms with Crippen LogP contribution in [-0.4, -0.2) is 63.0 Å². The highest BCUT2D eigenvalue weighted by molar-refractivity contribution is 8.02. The average molecular weight is 460 g/mol. The van der Waals surface area contributed by atoms with Gasteiger partial charge in [-0.05, 0) is 31.2 Å². The lowest BCUT2D eigenvalue weighted by atomic mass is 9.66. The maximum absolute atomic E-state index is 13.7. The van der Waals surface area contributed by atoms with Crippen molar-refractivity contribution in [1.82, 2.24) is 15.5 Å². The van der Waals surface area contributed by atoms with Gasteiger partial charge in [-0.2, -0.15) is 0 Å². The molecule has 1 aromatic rings. The van der Waals surface area contributed by atoms with Gasteiger partial charge in [0.1, 0.15) is 6.04 Å². The number of benzene rings is 1. The molecular weight excluding hydrogens is 426 g/mol. The number of carbonyl (C=O) groups excluding carboxylic acids is 3. The van der Waals surface area contributed by atoms with Crippen LogP contribution >= 0.6 is 11.8 Å². The van der Waals surface area contributed by atoms with Gasteiger partial charge in [0.25, 0.3) is 0 Å². The summed E-state index contributed by atoms with van der Waals surface area (Å²) in [5.74, 6) is -1.33. The molecular formula is C24H33N3O4S. The molecule has 3 N–H and O–H groups in total. The fourth-order valence-electron chi connectivity index (χ4n) is 5.87. The first kappa shape index (κ1) is 23.1. The van der Waals surface area contributed by atoms with Gasteiger partial charge in [-0.15, -0.1) is 11.8 Å². The molecule has 2 bridgehead atoms. The highest BCUT2D eigenvalue weighted by atomic mass is 32.2. The highest BCUT2D eigenvalue weighted by Crippen LogP contribution is 2.68. The number of amides is 3. The minimum absolute atomic E-state index is 0.0341. The molecule has 4 rings (SSSR count). The van der Waals surface area contributed by atoms with E-state index in [1.807, 2.05) is 37.3 Å². The van der Waals surface area contributed by atoms with Gasteiger partial charge in [-0.25, -0.2) is 0 Å². The molecule has 3 amide bonds. The van der Waals surface area contributed by atoms with Crippen LogP contribution in [-0.2, 0) is 20.9 Å². The smallest absolute Gasteiger partial charge is 0.244 e. The Morgan fingerprint density at radius 2 is 1.97 bits per heavy atom. The number of rotatable bonds is 8. The van der Waals surface area contributed by atoms with E-state index in [1.54, 1.807) is 23.6 Å². The first-order valence-electron chi connectivity index (χ1n) is 11.6. The summed E-state index contributed by atoms with van der Waals surface area (Å²) < 4.78 is -0.653. The normalized spacial score (nSPS) is 33.8. The summed E-state index contributed by atoms with van der Waals surface area (Å²) in [4.78, 5) is 42.0. The van der Waals surface area contributed by atoms with Crippen LogP contribution in [0.3, 0.4) is 0 Å². The quantitative estimate of drug-likeness (QED) is 0.548. The topological polar surface area (TPSA) is 98.7 Å². The number of hydrogen-bond donors (Lipinski definition) is 3. The summed E-state index contributed by atoms with van der Waals surface area (Å²) in [5, 5.41) is 15.9. The standard InChI is InChI=1S/C24H33N3O4S/c1-4-10-25-21(29)18-17-11-14(2)24(32-17)19(18)23(31)27(15(3)13-28)20(24)22(30)26-12-16-8-6-5-7-9-16/h5-9,14-15,17-20,28H,4,10-13H2,1-3H3,(H,25,29)(H,26,30)/t14?,15-,17-,18+,19+,20?,24?/m1/s1. The van der Waals surface area contributed by atoms with Gasteiger partial charge in [-0.1, -0.05) is 44.2 Å². The van der Waals surface area contributed by atoms with E-state index in [9.17, 15) is 19.5 Å². The highest BCUT2D eigenvalue weighted by Gasteiger charge is 2.76. The predicted octanol–water partition coefficient (Wildman–Crippen LogP) is 1.55. The zero-order chi connectivity index (χ0) is 23.0. The second kappa shape index (κ2) is 9.06. The molecule has 0 radical (unpaired) electrons. The van der Waals surface area contributed by atoms with E-state index in [4.69, 9.17) is 0 Å². The zero-order valence-corrected chi connectivity index (χ0v) is 19.7. The molecule has 3 aliphatic heterocycles. The summed E-state index contributed by atoms with van der Waals surface area (Å²) in [6.45, 7) is 6.58. The predicted molar refractivity (Wildman–Crippen MR) is 124 cm³/mol. The maximum atomic E-state index is 13.7. The van der Waals surface area contributed by atoms with E-state index in [2.05, 4.69) is 17.6 Å². The first-order valence-corrected chi connectivity index (χ1v) is 12.4. The number of nitrogens with one attached hydrogen (secondary N) is 2. The van der Waals surface area contributed by atoms with Crippen LogP contribution in [0.4, 0.5) is 0 Å². The van der Waals surface area contributed by atoms with Crippen molar-refractivity contribution >= 4 is 29.5 Å². The Kier molecular flexibility index (Phi) is 6.54. The monoisotopic (exact) mass is 459 g/mol. The minimum atomic E-state index is -0.708. The summed E-state index contributed by atoms with van der Waals surface area (Å²) in [6, 6.07) is 8.45. The molecule has 0 saturated carbocycles. The Hall–Kier alpha value is -2.06. The molecule has 1 spiro atoms. The largest absolute Gasteiger partial charge is 0.394 e. The molecule has 7 nitrogen and oxygen atoms in total. The van der Waals surface area contributed by atoms with Gasteiger partial charge in [0.2, 0.25) is 17.7 Å². The Balaban J connectivity index is 1.67. The number of thioether (sulfide) groups is 1. The van der Waals surface area contributed by atoms with Crippen LogP contribution < -0.4 is 10.6 Å². The Morgan fingerprint density at radius 3 is 2.62 bits per heavy atom. The third kappa shape index (κ3) is 3.52. The SMILES string of the molecule is CCCNC(=O)[C@@H]1[C@H]2C(=O)N([C@H](C)CO)C(C(=O)NCc3ccccc3)C23S[C@@H]1CC3C. The molecule has 3 heterocycles. The fraction of sp³-hybridized carbons (Fsp3) is 0.625. The van der Waals surface area contributed by atoms with Crippen molar-refractivity contribution in [1.29, 1.82) is 0 Å². The van der Waals surface area contributed by atoms with Gasteiger partial charge in [-0.3, -0.25) is 14.4 Å². The third-order valence-corrected chi connectivity index (χ3v) is 9.41. The number of fused-ring (bicyclic) bond motifs is 1. The summed E-state index contributed by atoms with van der Waals surface area (Å²) >= 11 is 1.66. The number of aliphatic hydroxyl groups is 1. The lowest BCUT2D eigenvalue weighted by Gasteiger charge is -2.39. The molecule has 32 heavy (non-hydrogen) atoms. The number of likely N-dealkylation sites (tertiary alicyclic amines) is 1. The first-order chi connectivity index (χ1) is 15.4. The number of aliphatic hydroxyl groups excluding tert-OH is 1. The van der Waals surface area contributed by atoms with Gasteiger partial charge in [0, 0.05) is 18.3 Å². The fourth-order valence-corrected chi connectivity index (χ4v) is 8.28. The van der Waals surface area contributed by atoms with Crippen LogP contribution in [0.1, 0.15) is 39.2 Å². The summed E-state index contributed by atoms with van der Waals surface area (Å²) in [7, 11) is 0. The average Bonchev–Trinajstić information content (AvgIpc) is 3.39. The van der Waals surface area contributed by atoms with Gasteiger partial charge in [0.05, 0.1) is 29.2 Å². The van der Waals surface area contributed by atoms with E-state index in [1.165, 1.54) is 0 Å². The molecule has 8 heteroatoms. The zero-order valence-electron chi connectivity index (χ0n) is 18.9. The third-order valence-electron chi connectivity index (χ3n) is 7.33. The van der Waals surface area contributed by atoms with E-state index in [-0.39, 0.29) is 35.5 Å². The van der Waals surface area contributed by atoms with Crippen molar-refractivity contribution in [3.05, 3.63) is 35.9 Å². The van der Waals surface area contributed by atoms with Crippen LogP contribution in [0.5, 0.6) is 0 Å². The summed E-state index contributed by atoms with van der Waals surface area (Å²) in [6.07, 6.45) is 1.64. The van der Waals surface area contributed by atoms with Crippen molar-refractivity contribution in [2.24, 2.45) is 17.8 Å². The Labute approximate surface area is 193 Å². The Morgan fingerprint density at radius 1 is 1.25 bits per heavy atom. The molecule has 174 valence electrons. The maximum Gasteiger partial charge on any atom is 0.244 e. The van der Waals surface area contributed by atoms with Crippen molar-refractivity contribution in [2.45, 2.75) is 62.2 Å². The summed E-state index contributed by atoms with van der Waals surface area (Å²) in [5.41, 5.74) is 0.981. The van der Waals surface area contributed by atoms with Gasteiger partial charge < -0.3 is 20.6 Å². The molecule has 0 aromatic heterocycles.